The van der Waals surface area contributed by atoms with Crippen LogP contribution in [0.15, 0.2) is 16.9 Å². The van der Waals surface area contributed by atoms with E-state index in [-0.39, 0.29) is 11.7 Å². The number of hydrogen-bond donors (Lipinski definition) is 0. The largest absolute Gasteiger partial charge is 0.345 e. The van der Waals surface area contributed by atoms with E-state index >= 15 is 0 Å². The van der Waals surface area contributed by atoms with Crippen molar-refractivity contribution < 1.29 is 0 Å². The second-order valence-electron chi connectivity index (χ2n) is 4.37. The fraction of sp³-hybridized carbons (Fsp3) is 0.636. The van der Waals surface area contributed by atoms with Gasteiger partial charge >= 0.3 is 5.69 Å². The summed E-state index contributed by atoms with van der Waals surface area (Å²) in [5, 5.41) is 4.34. The zero-order chi connectivity index (χ0) is 11.0. The summed E-state index contributed by atoms with van der Waals surface area (Å²) in [5.74, 6) is 1.32. The van der Waals surface area contributed by atoms with Crippen LogP contribution in [0.4, 0.5) is 0 Å². The average Bonchev–Trinajstić information content (AvgIpc) is 2.75. The Kier molecular flexibility index (Phi) is 2.50. The number of hydrogen-bond acceptors (Lipinski definition) is 2. The first-order valence-corrected chi connectivity index (χ1v) is 5.41. The molecule has 0 aromatic carbocycles. The van der Waals surface area contributed by atoms with Gasteiger partial charge < -0.3 is 0 Å². The van der Waals surface area contributed by atoms with Crippen LogP contribution >= 0.6 is 0 Å². The molecule has 0 unspecified atom stereocenters. The molecule has 1 aliphatic carbocycles. The van der Waals surface area contributed by atoms with Gasteiger partial charge in [0.1, 0.15) is 5.82 Å². The lowest BCUT2D eigenvalue weighted by molar-refractivity contribution is 0.520. The maximum Gasteiger partial charge on any atom is 0.345 e. The van der Waals surface area contributed by atoms with Gasteiger partial charge in [-0.1, -0.05) is 12.2 Å². The highest BCUT2D eigenvalue weighted by Crippen LogP contribution is 2.28. The van der Waals surface area contributed by atoms with E-state index in [0.717, 1.165) is 18.7 Å². The van der Waals surface area contributed by atoms with Crippen molar-refractivity contribution in [2.45, 2.75) is 38.6 Å². The minimum atomic E-state index is -0.00750. The molecule has 1 heterocycles. The van der Waals surface area contributed by atoms with Crippen molar-refractivity contribution in [1.82, 2.24) is 14.3 Å². The molecule has 1 aromatic rings. The van der Waals surface area contributed by atoms with Crippen LogP contribution in [0.3, 0.4) is 0 Å². The standard InChI is InChI=1S/C11H17N3O/c1-8(2)14-10(9-6-4-5-7-9)12-13(3)11(14)15/h4-5,8-9H,6-7H2,1-3H3. The summed E-state index contributed by atoms with van der Waals surface area (Å²) in [4.78, 5) is 11.8. The molecule has 1 aliphatic rings. The highest BCUT2D eigenvalue weighted by atomic mass is 16.2. The quantitative estimate of drug-likeness (QED) is 0.691. The van der Waals surface area contributed by atoms with E-state index in [1.54, 1.807) is 11.6 Å². The zero-order valence-electron chi connectivity index (χ0n) is 9.47. The second kappa shape index (κ2) is 3.68. The molecule has 4 heteroatoms. The van der Waals surface area contributed by atoms with Crippen molar-refractivity contribution in [2.24, 2.45) is 7.05 Å². The maximum absolute atomic E-state index is 11.8. The predicted octanol–water partition coefficient (Wildman–Crippen LogP) is 1.60. The Morgan fingerprint density at radius 1 is 1.40 bits per heavy atom. The average molecular weight is 207 g/mol. The van der Waals surface area contributed by atoms with Crippen molar-refractivity contribution in [1.29, 1.82) is 0 Å². The lowest BCUT2D eigenvalue weighted by atomic mass is 10.1. The molecule has 15 heavy (non-hydrogen) atoms. The molecular weight excluding hydrogens is 190 g/mol. The SMILES string of the molecule is CC(C)n1c(C2CC=CC2)nn(C)c1=O. The molecule has 0 spiro atoms. The highest BCUT2D eigenvalue weighted by Gasteiger charge is 2.22. The Hall–Kier alpha value is -1.32. The zero-order valence-corrected chi connectivity index (χ0v) is 9.47. The first-order chi connectivity index (χ1) is 7.11. The predicted molar refractivity (Wildman–Crippen MR) is 59.0 cm³/mol. The van der Waals surface area contributed by atoms with E-state index in [9.17, 15) is 4.79 Å². The molecule has 0 N–H and O–H groups in total. The molecule has 82 valence electrons. The summed E-state index contributed by atoms with van der Waals surface area (Å²) in [7, 11) is 1.72. The lowest BCUT2D eigenvalue weighted by Gasteiger charge is -2.13. The molecule has 0 aliphatic heterocycles. The molecule has 1 aromatic heterocycles. The van der Waals surface area contributed by atoms with E-state index in [0.29, 0.717) is 5.92 Å². The van der Waals surface area contributed by atoms with E-state index in [1.807, 2.05) is 13.8 Å². The summed E-state index contributed by atoms with van der Waals surface area (Å²) in [6, 6.07) is 0.182. The van der Waals surface area contributed by atoms with Crippen LogP contribution in [0, 0.1) is 0 Å². The van der Waals surface area contributed by atoms with Gasteiger partial charge in [0.05, 0.1) is 0 Å². The minimum Gasteiger partial charge on any atom is -0.276 e. The van der Waals surface area contributed by atoms with Crippen LogP contribution < -0.4 is 5.69 Å². The molecule has 0 radical (unpaired) electrons. The Labute approximate surface area is 89.2 Å². The minimum absolute atomic E-state index is 0.00750. The number of aromatic nitrogens is 3. The fourth-order valence-electron chi connectivity index (χ4n) is 2.09. The van der Waals surface area contributed by atoms with Crippen LogP contribution in [0.2, 0.25) is 0 Å². The summed E-state index contributed by atoms with van der Waals surface area (Å²) in [5.41, 5.74) is -0.00750. The second-order valence-corrected chi connectivity index (χ2v) is 4.37. The molecule has 0 fully saturated rings. The number of nitrogens with zero attached hydrogens (tertiary/aromatic N) is 3. The van der Waals surface area contributed by atoms with Crippen molar-refractivity contribution in [3.8, 4) is 0 Å². The van der Waals surface area contributed by atoms with Crippen LogP contribution in [-0.4, -0.2) is 14.3 Å². The fourth-order valence-corrected chi connectivity index (χ4v) is 2.09. The Morgan fingerprint density at radius 3 is 2.53 bits per heavy atom. The number of allylic oxidation sites excluding steroid dienone is 2. The smallest absolute Gasteiger partial charge is 0.276 e. The number of aryl methyl sites for hydroxylation is 1. The normalized spacial score (nSPS) is 16.8. The van der Waals surface area contributed by atoms with Crippen LogP contribution in [0.1, 0.15) is 44.5 Å². The maximum atomic E-state index is 11.8. The van der Waals surface area contributed by atoms with Crippen LogP contribution in [0.5, 0.6) is 0 Å². The summed E-state index contributed by atoms with van der Waals surface area (Å²) < 4.78 is 3.24. The van der Waals surface area contributed by atoms with Crippen molar-refractivity contribution >= 4 is 0 Å². The van der Waals surface area contributed by atoms with Crippen LogP contribution in [-0.2, 0) is 7.05 Å². The van der Waals surface area contributed by atoms with Crippen LogP contribution in [0.25, 0.3) is 0 Å². The van der Waals surface area contributed by atoms with Gasteiger partial charge in [-0.3, -0.25) is 4.57 Å². The van der Waals surface area contributed by atoms with E-state index in [1.165, 1.54) is 4.68 Å². The topological polar surface area (TPSA) is 39.8 Å². The summed E-state index contributed by atoms with van der Waals surface area (Å²) in [6.07, 6.45) is 6.33. The van der Waals surface area contributed by atoms with Crippen molar-refractivity contribution in [3.63, 3.8) is 0 Å². The van der Waals surface area contributed by atoms with Gasteiger partial charge in [-0.15, -0.1) is 0 Å². The number of rotatable bonds is 2. The molecule has 0 amide bonds. The molecular formula is C11H17N3O. The third-order valence-corrected chi connectivity index (χ3v) is 2.87. The molecule has 0 saturated carbocycles. The first kappa shape index (κ1) is 10.2. The van der Waals surface area contributed by atoms with E-state index in [2.05, 4.69) is 17.3 Å². The summed E-state index contributed by atoms with van der Waals surface area (Å²) in [6.45, 7) is 4.05. The summed E-state index contributed by atoms with van der Waals surface area (Å²) >= 11 is 0. The molecule has 0 bridgehead atoms. The monoisotopic (exact) mass is 207 g/mol. The Morgan fingerprint density at radius 2 is 2.00 bits per heavy atom. The molecule has 0 atom stereocenters. The van der Waals surface area contributed by atoms with E-state index in [4.69, 9.17) is 0 Å². The van der Waals surface area contributed by atoms with Gasteiger partial charge in [0.25, 0.3) is 0 Å². The van der Waals surface area contributed by atoms with Gasteiger partial charge in [0, 0.05) is 19.0 Å². The molecule has 2 rings (SSSR count). The van der Waals surface area contributed by atoms with Gasteiger partial charge in [-0.25, -0.2) is 9.48 Å². The lowest BCUT2D eigenvalue weighted by Crippen LogP contribution is -2.25. The Bertz CT molecular complexity index is 431. The van der Waals surface area contributed by atoms with Gasteiger partial charge in [0.2, 0.25) is 0 Å². The van der Waals surface area contributed by atoms with Crippen molar-refractivity contribution in [3.05, 3.63) is 28.5 Å². The van der Waals surface area contributed by atoms with Gasteiger partial charge in [-0.05, 0) is 26.7 Å². The first-order valence-electron chi connectivity index (χ1n) is 5.41. The Balaban J connectivity index is 2.46. The molecule has 0 saturated heterocycles. The highest BCUT2D eigenvalue weighted by molar-refractivity contribution is 5.09. The third-order valence-electron chi connectivity index (χ3n) is 2.87. The third kappa shape index (κ3) is 1.64. The van der Waals surface area contributed by atoms with Gasteiger partial charge in [0.15, 0.2) is 0 Å². The van der Waals surface area contributed by atoms with E-state index < -0.39 is 0 Å². The molecule has 4 nitrogen and oxygen atoms in total. The van der Waals surface area contributed by atoms with Crippen molar-refractivity contribution in [2.75, 3.05) is 0 Å². The van der Waals surface area contributed by atoms with Gasteiger partial charge in [-0.2, -0.15) is 5.10 Å².